The van der Waals surface area contributed by atoms with Crippen molar-refractivity contribution in [2.75, 3.05) is 10.6 Å². The summed E-state index contributed by atoms with van der Waals surface area (Å²) < 4.78 is 40.5. The first-order valence-corrected chi connectivity index (χ1v) is 8.99. The standard InChI is InChI=1S/C17H13F3N6OS/c1-9-12(14(27)23-10-4-2-6-21-8-10)13(11-5-3-7-28-11)26-16(22-9)24-15(25-26)17(18,19)20/h2-8,13H,1H3,(H,23,27)(H,22,24,25)/t13-/m1/s1. The molecular weight excluding hydrogens is 393 g/mol. The lowest BCUT2D eigenvalue weighted by Gasteiger charge is -2.27. The molecule has 0 spiro atoms. The van der Waals surface area contributed by atoms with Gasteiger partial charge in [-0.1, -0.05) is 6.07 Å². The summed E-state index contributed by atoms with van der Waals surface area (Å²) in [4.78, 5) is 21.1. The number of pyridine rings is 1. The molecule has 1 atom stereocenters. The molecule has 1 aliphatic heterocycles. The van der Waals surface area contributed by atoms with Crippen LogP contribution in [0.4, 0.5) is 24.8 Å². The highest BCUT2D eigenvalue weighted by atomic mass is 32.1. The number of allylic oxidation sites excluding steroid dienone is 1. The van der Waals surface area contributed by atoms with Crippen molar-refractivity contribution in [3.8, 4) is 0 Å². The van der Waals surface area contributed by atoms with E-state index in [9.17, 15) is 18.0 Å². The molecule has 0 unspecified atom stereocenters. The smallest absolute Gasteiger partial charge is 0.328 e. The number of amides is 1. The van der Waals surface area contributed by atoms with Crippen molar-refractivity contribution in [1.29, 1.82) is 0 Å². The molecule has 0 fully saturated rings. The highest BCUT2D eigenvalue weighted by molar-refractivity contribution is 7.10. The molecule has 0 radical (unpaired) electrons. The Hall–Kier alpha value is -3.21. The highest BCUT2D eigenvalue weighted by Gasteiger charge is 2.41. The number of nitrogens with one attached hydrogen (secondary N) is 2. The van der Waals surface area contributed by atoms with Gasteiger partial charge in [0.05, 0.1) is 17.5 Å². The number of carbonyl (C=O) groups excluding carboxylic acids is 1. The van der Waals surface area contributed by atoms with Gasteiger partial charge >= 0.3 is 6.18 Å². The van der Waals surface area contributed by atoms with Crippen LogP contribution in [-0.2, 0) is 11.0 Å². The van der Waals surface area contributed by atoms with Crippen LogP contribution in [0.15, 0.2) is 53.3 Å². The first kappa shape index (κ1) is 18.2. The average Bonchev–Trinajstić information content (AvgIpc) is 3.30. The number of hydrogen-bond donors (Lipinski definition) is 2. The van der Waals surface area contributed by atoms with Crippen molar-refractivity contribution < 1.29 is 18.0 Å². The number of carbonyl (C=O) groups is 1. The zero-order valence-electron chi connectivity index (χ0n) is 14.4. The number of aromatic nitrogens is 4. The van der Waals surface area contributed by atoms with Crippen LogP contribution in [0.2, 0.25) is 0 Å². The summed E-state index contributed by atoms with van der Waals surface area (Å²) in [6.07, 6.45) is -1.65. The van der Waals surface area contributed by atoms with Crippen LogP contribution >= 0.6 is 11.3 Å². The molecule has 4 heterocycles. The van der Waals surface area contributed by atoms with Gasteiger partial charge in [0.1, 0.15) is 6.04 Å². The molecule has 0 aromatic carbocycles. The second-order valence-electron chi connectivity index (χ2n) is 5.98. The van der Waals surface area contributed by atoms with Crippen LogP contribution in [0.25, 0.3) is 0 Å². The minimum atomic E-state index is -4.70. The van der Waals surface area contributed by atoms with Gasteiger partial charge in [0.25, 0.3) is 11.7 Å². The summed E-state index contributed by atoms with van der Waals surface area (Å²) in [5, 5.41) is 10.9. The third-order valence-corrected chi connectivity index (χ3v) is 5.01. The molecule has 28 heavy (non-hydrogen) atoms. The Morgan fingerprint density at radius 2 is 2.14 bits per heavy atom. The van der Waals surface area contributed by atoms with Crippen LogP contribution < -0.4 is 10.6 Å². The molecule has 2 N–H and O–H groups in total. The van der Waals surface area contributed by atoms with Gasteiger partial charge in [-0.3, -0.25) is 9.78 Å². The van der Waals surface area contributed by atoms with Crippen LogP contribution in [0.1, 0.15) is 23.7 Å². The van der Waals surface area contributed by atoms with Gasteiger partial charge in [0.2, 0.25) is 5.95 Å². The molecule has 0 bridgehead atoms. The molecule has 4 rings (SSSR count). The van der Waals surface area contributed by atoms with E-state index in [2.05, 4.69) is 25.7 Å². The predicted octanol–water partition coefficient (Wildman–Crippen LogP) is 3.68. The lowest BCUT2D eigenvalue weighted by atomic mass is 10.0. The maximum absolute atomic E-state index is 13.1. The summed E-state index contributed by atoms with van der Waals surface area (Å²) in [6, 6.07) is 5.99. The molecular formula is C17H13F3N6OS. The quantitative estimate of drug-likeness (QED) is 0.693. The van der Waals surface area contributed by atoms with Crippen LogP contribution in [-0.4, -0.2) is 25.7 Å². The Labute approximate surface area is 160 Å². The number of alkyl halides is 3. The van der Waals surface area contributed by atoms with Crippen molar-refractivity contribution >= 4 is 28.9 Å². The van der Waals surface area contributed by atoms with Crippen molar-refractivity contribution in [2.24, 2.45) is 0 Å². The number of nitrogens with zero attached hydrogens (tertiary/aromatic N) is 4. The average molecular weight is 406 g/mol. The highest BCUT2D eigenvalue weighted by Crippen LogP contribution is 2.39. The molecule has 3 aromatic heterocycles. The molecule has 3 aromatic rings. The molecule has 7 nitrogen and oxygen atoms in total. The minimum Gasteiger partial charge on any atom is -0.328 e. The number of fused-ring (bicyclic) bond motifs is 1. The van der Waals surface area contributed by atoms with E-state index in [1.54, 1.807) is 42.8 Å². The lowest BCUT2D eigenvalue weighted by molar-refractivity contribution is -0.145. The van der Waals surface area contributed by atoms with Gasteiger partial charge in [-0.2, -0.15) is 18.2 Å². The molecule has 0 aliphatic carbocycles. The molecule has 1 amide bonds. The maximum Gasteiger partial charge on any atom is 0.453 e. The number of hydrogen-bond acceptors (Lipinski definition) is 6. The fraction of sp³-hybridized carbons (Fsp3) is 0.176. The second kappa shape index (κ2) is 6.75. The zero-order chi connectivity index (χ0) is 19.9. The van der Waals surface area contributed by atoms with E-state index in [1.165, 1.54) is 17.5 Å². The Kier molecular flexibility index (Phi) is 4.38. The third-order valence-electron chi connectivity index (χ3n) is 4.08. The first-order chi connectivity index (χ1) is 13.3. The first-order valence-electron chi connectivity index (χ1n) is 8.11. The third kappa shape index (κ3) is 3.24. The monoisotopic (exact) mass is 406 g/mol. The van der Waals surface area contributed by atoms with E-state index in [0.717, 1.165) is 4.68 Å². The zero-order valence-corrected chi connectivity index (χ0v) is 15.2. The SMILES string of the molecule is CC1=C(C(=O)Nc2cccnc2)[C@@H](c2cccs2)n2nc(C(F)(F)F)nc2N1. The number of thiophene rings is 1. The van der Waals surface area contributed by atoms with E-state index >= 15 is 0 Å². The second-order valence-corrected chi connectivity index (χ2v) is 6.96. The Morgan fingerprint density at radius 3 is 2.79 bits per heavy atom. The van der Waals surface area contributed by atoms with Crippen LogP contribution in [0.3, 0.4) is 0 Å². The summed E-state index contributed by atoms with van der Waals surface area (Å²) in [6.45, 7) is 1.62. The Balaban J connectivity index is 1.78. The predicted molar refractivity (Wildman–Crippen MR) is 96.7 cm³/mol. The van der Waals surface area contributed by atoms with Crippen molar-refractivity contribution in [2.45, 2.75) is 19.1 Å². The number of anilines is 2. The minimum absolute atomic E-state index is 0.0684. The van der Waals surface area contributed by atoms with Crippen LogP contribution in [0, 0.1) is 0 Å². The largest absolute Gasteiger partial charge is 0.453 e. The van der Waals surface area contributed by atoms with Gasteiger partial charge < -0.3 is 10.6 Å². The van der Waals surface area contributed by atoms with Gasteiger partial charge in [-0.05, 0) is 30.5 Å². The van der Waals surface area contributed by atoms with Gasteiger partial charge in [-0.25, -0.2) is 4.68 Å². The summed E-state index contributed by atoms with van der Waals surface area (Å²) in [5.41, 5.74) is 1.11. The lowest BCUT2D eigenvalue weighted by Crippen LogP contribution is -2.31. The molecule has 0 saturated carbocycles. The summed E-state index contributed by atoms with van der Waals surface area (Å²) in [7, 11) is 0. The number of halogens is 3. The molecule has 0 saturated heterocycles. The number of rotatable bonds is 3. The Bertz CT molecular complexity index is 1040. The topological polar surface area (TPSA) is 84.7 Å². The normalized spacial score (nSPS) is 16.5. The summed E-state index contributed by atoms with van der Waals surface area (Å²) >= 11 is 1.32. The fourth-order valence-corrected chi connectivity index (χ4v) is 3.73. The maximum atomic E-state index is 13.1. The van der Waals surface area contributed by atoms with E-state index in [-0.39, 0.29) is 11.5 Å². The van der Waals surface area contributed by atoms with Crippen molar-refractivity contribution in [1.82, 2.24) is 19.7 Å². The summed E-state index contributed by atoms with van der Waals surface area (Å²) in [5.74, 6) is -1.80. The van der Waals surface area contributed by atoms with Gasteiger partial charge in [0.15, 0.2) is 0 Å². The molecule has 1 aliphatic rings. The van der Waals surface area contributed by atoms with E-state index in [0.29, 0.717) is 16.3 Å². The molecule has 144 valence electrons. The van der Waals surface area contributed by atoms with Crippen molar-refractivity contribution in [3.05, 3.63) is 64.0 Å². The van der Waals surface area contributed by atoms with Gasteiger partial charge in [-0.15, -0.1) is 16.4 Å². The van der Waals surface area contributed by atoms with E-state index in [4.69, 9.17) is 0 Å². The molecule has 11 heteroatoms. The Morgan fingerprint density at radius 1 is 1.32 bits per heavy atom. The van der Waals surface area contributed by atoms with E-state index in [1.807, 2.05) is 0 Å². The van der Waals surface area contributed by atoms with Crippen LogP contribution in [0.5, 0.6) is 0 Å². The van der Waals surface area contributed by atoms with Gasteiger partial charge in [0, 0.05) is 16.8 Å². The van der Waals surface area contributed by atoms with Crippen molar-refractivity contribution in [3.63, 3.8) is 0 Å². The fourth-order valence-electron chi connectivity index (χ4n) is 2.91. The van der Waals surface area contributed by atoms with E-state index < -0.39 is 23.9 Å².